The van der Waals surface area contributed by atoms with E-state index in [-0.39, 0.29) is 12.0 Å². The Morgan fingerprint density at radius 2 is 1.91 bits per heavy atom. The molecule has 1 saturated heterocycles. The first-order valence-electron chi connectivity index (χ1n) is 11.0. The Hall–Kier alpha value is -2.46. The number of amides is 2. The average Bonchev–Trinajstić information content (AvgIpc) is 2.76. The fraction of sp³-hybridized carbons (Fsp3) is 0.727. The van der Waals surface area contributed by atoms with E-state index in [0.717, 1.165) is 0 Å². The van der Waals surface area contributed by atoms with Crippen molar-refractivity contribution in [3.63, 3.8) is 0 Å². The average molecular weight is 456 g/mol. The molecule has 0 aromatic heterocycles. The summed E-state index contributed by atoms with van der Waals surface area (Å²) < 4.78 is 10.9. The van der Waals surface area contributed by atoms with Crippen LogP contribution in [0.3, 0.4) is 0 Å². The molecule has 182 valence electrons. The Morgan fingerprint density at radius 1 is 1.25 bits per heavy atom. The molecule has 1 aliphatic heterocycles. The summed E-state index contributed by atoms with van der Waals surface area (Å²) in [5.74, 6) is -3.56. The summed E-state index contributed by atoms with van der Waals surface area (Å²) >= 11 is 0. The minimum Gasteiger partial charge on any atom is -0.480 e. The summed E-state index contributed by atoms with van der Waals surface area (Å²) in [6, 6.07) is -1.78. The predicted molar refractivity (Wildman–Crippen MR) is 117 cm³/mol. The molecule has 0 aromatic carbocycles. The van der Waals surface area contributed by atoms with Crippen molar-refractivity contribution in [2.24, 2.45) is 11.8 Å². The number of ether oxygens (including phenoxy) is 2. The van der Waals surface area contributed by atoms with Crippen molar-refractivity contribution in [3.05, 3.63) is 12.7 Å². The van der Waals surface area contributed by atoms with Gasteiger partial charge in [-0.15, -0.1) is 6.58 Å². The highest BCUT2D eigenvalue weighted by Crippen LogP contribution is 2.18. The quantitative estimate of drug-likeness (QED) is 0.296. The third kappa shape index (κ3) is 7.90. The number of aliphatic carboxylic acids is 1. The zero-order valence-corrected chi connectivity index (χ0v) is 19.6. The largest absolute Gasteiger partial charge is 0.480 e. The minimum atomic E-state index is -1.09. The van der Waals surface area contributed by atoms with Gasteiger partial charge in [-0.2, -0.15) is 0 Å². The fourth-order valence-electron chi connectivity index (χ4n) is 3.44. The third-order valence-electron chi connectivity index (χ3n) is 5.47. The van der Waals surface area contributed by atoms with Crippen LogP contribution in [0.2, 0.25) is 0 Å². The number of rotatable bonds is 12. The summed E-state index contributed by atoms with van der Waals surface area (Å²) in [5.41, 5.74) is 2.67. The van der Waals surface area contributed by atoms with Gasteiger partial charge in [0.05, 0.1) is 12.0 Å². The zero-order valence-electron chi connectivity index (χ0n) is 19.6. The number of hydrogen-bond acceptors (Lipinski definition) is 7. The molecule has 1 aliphatic rings. The van der Waals surface area contributed by atoms with Crippen LogP contribution in [0.1, 0.15) is 53.4 Å². The van der Waals surface area contributed by atoms with E-state index >= 15 is 0 Å². The smallest absolute Gasteiger partial charge is 0.322 e. The fourth-order valence-corrected chi connectivity index (χ4v) is 3.44. The van der Waals surface area contributed by atoms with Gasteiger partial charge in [0, 0.05) is 13.7 Å². The molecule has 3 N–H and O–H groups in total. The second kappa shape index (κ2) is 13.2. The lowest BCUT2D eigenvalue weighted by Crippen LogP contribution is -2.60. The number of carbonyl (C=O) groups is 4. The van der Waals surface area contributed by atoms with E-state index in [1.165, 1.54) is 19.0 Å². The van der Waals surface area contributed by atoms with Crippen LogP contribution in [-0.2, 0) is 28.7 Å². The van der Waals surface area contributed by atoms with Crippen molar-refractivity contribution in [1.29, 1.82) is 0 Å². The molecule has 0 radical (unpaired) electrons. The summed E-state index contributed by atoms with van der Waals surface area (Å²) in [6.45, 7) is 10.7. The van der Waals surface area contributed by atoms with Gasteiger partial charge in [-0.1, -0.05) is 19.9 Å². The molecule has 32 heavy (non-hydrogen) atoms. The maximum atomic E-state index is 12.8. The highest BCUT2D eigenvalue weighted by molar-refractivity contribution is 5.90. The van der Waals surface area contributed by atoms with Gasteiger partial charge in [0.15, 0.2) is 6.10 Å². The monoisotopic (exact) mass is 455 g/mol. The summed E-state index contributed by atoms with van der Waals surface area (Å²) in [5, 5.41) is 13.0. The standard InChI is InChI=1S/C22H37N3O7/c1-7-8-11-17(31-6)14(4)22(30)32-18(13(2)3)19(26)23-15(5)20(27)25-12-9-10-16(24-25)21(28)29/h7,13-18,24H,1,8-12H2,2-6H3,(H,23,26)(H,28,29)/t14-,15+,16+,17-,18+/m1/s1. The molecule has 0 aromatic rings. The van der Waals surface area contributed by atoms with Gasteiger partial charge in [-0.05, 0) is 45.4 Å². The summed E-state index contributed by atoms with van der Waals surface area (Å²) in [7, 11) is 1.51. The predicted octanol–water partition coefficient (Wildman–Crippen LogP) is 1.26. The number of carboxylic acids is 1. The second-order valence-corrected chi connectivity index (χ2v) is 8.41. The molecule has 0 aliphatic carbocycles. The van der Waals surface area contributed by atoms with Crippen molar-refractivity contribution >= 4 is 23.8 Å². The van der Waals surface area contributed by atoms with Crippen molar-refractivity contribution in [1.82, 2.24) is 15.8 Å². The van der Waals surface area contributed by atoms with Crippen LogP contribution in [0.4, 0.5) is 0 Å². The highest BCUT2D eigenvalue weighted by Gasteiger charge is 2.35. The molecule has 2 amide bonds. The Bertz CT molecular complexity index is 682. The van der Waals surface area contributed by atoms with Gasteiger partial charge in [0.25, 0.3) is 11.8 Å². The van der Waals surface area contributed by atoms with Crippen molar-refractivity contribution in [2.45, 2.75) is 77.7 Å². The van der Waals surface area contributed by atoms with Crippen LogP contribution in [0.15, 0.2) is 12.7 Å². The lowest BCUT2D eigenvalue weighted by Gasteiger charge is -2.34. The van der Waals surface area contributed by atoms with Crippen LogP contribution < -0.4 is 10.7 Å². The number of nitrogens with one attached hydrogen (secondary N) is 2. The number of nitrogens with zero attached hydrogens (tertiary/aromatic N) is 1. The maximum Gasteiger partial charge on any atom is 0.322 e. The van der Waals surface area contributed by atoms with E-state index in [1.807, 2.05) is 0 Å². The van der Waals surface area contributed by atoms with Crippen LogP contribution in [-0.4, -0.2) is 71.8 Å². The molecule has 0 unspecified atom stereocenters. The number of allylic oxidation sites excluding steroid dienone is 1. The van der Waals surface area contributed by atoms with Gasteiger partial charge in [-0.25, -0.2) is 5.43 Å². The molecule has 0 bridgehead atoms. The Morgan fingerprint density at radius 3 is 2.44 bits per heavy atom. The number of hydrogen-bond donors (Lipinski definition) is 3. The highest BCUT2D eigenvalue weighted by atomic mass is 16.6. The van der Waals surface area contributed by atoms with Gasteiger partial charge in [0.2, 0.25) is 0 Å². The van der Waals surface area contributed by atoms with E-state index in [4.69, 9.17) is 14.6 Å². The molecule has 5 atom stereocenters. The SMILES string of the molecule is C=CCC[C@@H](OC)[C@@H](C)C(=O)O[C@H](C(=O)N[C@@H](C)C(=O)N1CCC[C@@H](C(=O)O)N1)C(C)C. The van der Waals surface area contributed by atoms with Gasteiger partial charge < -0.3 is 19.9 Å². The molecule has 0 spiro atoms. The lowest BCUT2D eigenvalue weighted by atomic mass is 9.99. The van der Waals surface area contributed by atoms with Crippen LogP contribution >= 0.6 is 0 Å². The third-order valence-corrected chi connectivity index (χ3v) is 5.47. The topological polar surface area (TPSA) is 134 Å². The normalized spacial score (nSPS) is 20.1. The molecular weight excluding hydrogens is 418 g/mol. The Kier molecular flexibility index (Phi) is 11.3. The minimum absolute atomic E-state index is 0.327. The number of esters is 1. The van der Waals surface area contributed by atoms with E-state index in [2.05, 4.69) is 17.3 Å². The Labute approximate surface area is 189 Å². The number of methoxy groups -OCH3 is 1. The van der Waals surface area contributed by atoms with Crippen LogP contribution in [0, 0.1) is 11.8 Å². The molecule has 1 heterocycles. The second-order valence-electron chi connectivity index (χ2n) is 8.41. The van der Waals surface area contributed by atoms with Crippen molar-refractivity contribution < 1.29 is 33.8 Å². The maximum absolute atomic E-state index is 12.8. The van der Waals surface area contributed by atoms with Crippen LogP contribution in [0.25, 0.3) is 0 Å². The first-order chi connectivity index (χ1) is 15.0. The summed E-state index contributed by atoms with van der Waals surface area (Å²) in [6.07, 6.45) is 2.51. The first kappa shape index (κ1) is 27.6. The van der Waals surface area contributed by atoms with E-state index in [1.54, 1.807) is 26.8 Å². The molecule has 10 nitrogen and oxygen atoms in total. The molecule has 10 heteroatoms. The van der Waals surface area contributed by atoms with Gasteiger partial charge >= 0.3 is 11.9 Å². The van der Waals surface area contributed by atoms with Gasteiger partial charge in [0.1, 0.15) is 12.1 Å². The van der Waals surface area contributed by atoms with E-state index in [0.29, 0.717) is 32.2 Å². The van der Waals surface area contributed by atoms with Crippen molar-refractivity contribution in [3.8, 4) is 0 Å². The molecule has 1 fully saturated rings. The lowest BCUT2D eigenvalue weighted by molar-refractivity contribution is -0.166. The molecular formula is C22H37N3O7. The summed E-state index contributed by atoms with van der Waals surface area (Å²) in [4.78, 5) is 49.3. The number of hydrazine groups is 1. The Balaban J connectivity index is 2.75. The molecule has 1 rings (SSSR count). The van der Waals surface area contributed by atoms with Gasteiger partial charge in [-0.3, -0.25) is 24.2 Å². The van der Waals surface area contributed by atoms with Crippen molar-refractivity contribution in [2.75, 3.05) is 13.7 Å². The number of carbonyl (C=O) groups excluding carboxylic acids is 3. The van der Waals surface area contributed by atoms with Crippen LogP contribution in [0.5, 0.6) is 0 Å². The first-order valence-corrected chi connectivity index (χ1v) is 11.0. The number of carboxylic acid groups (broad SMARTS) is 1. The van der Waals surface area contributed by atoms with E-state index in [9.17, 15) is 19.2 Å². The zero-order chi connectivity index (χ0) is 24.4. The van der Waals surface area contributed by atoms with E-state index < -0.39 is 47.9 Å². The molecule has 0 saturated carbocycles.